The maximum atomic E-state index is 11.5. The minimum atomic E-state index is -0.00316. The molecule has 0 saturated carbocycles. The van der Waals surface area contributed by atoms with Crippen molar-refractivity contribution >= 4 is 18.3 Å². The zero-order valence-electron chi connectivity index (χ0n) is 12.0. The number of benzene rings is 1. The van der Waals surface area contributed by atoms with Crippen LogP contribution in [0.1, 0.15) is 19.8 Å². The van der Waals surface area contributed by atoms with Crippen molar-refractivity contribution in [1.82, 2.24) is 5.32 Å². The Labute approximate surface area is 130 Å². The molecular formula is C14H21ClN2O4. The fraction of sp³-hybridized carbons (Fsp3) is 0.500. The van der Waals surface area contributed by atoms with Crippen molar-refractivity contribution in [3.8, 4) is 17.2 Å². The summed E-state index contributed by atoms with van der Waals surface area (Å²) in [7, 11) is 0. The van der Waals surface area contributed by atoms with Gasteiger partial charge in [0, 0.05) is 18.5 Å². The lowest BCUT2D eigenvalue weighted by Crippen LogP contribution is -2.29. The monoisotopic (exact) mass is 316 g/mol. The number of ether oxygens (including phenoxy) is 3. The molecule has 1 heterocycles. The van der Waals surface area contributed by atoms with Crippen molar-refractivity contribution < 1.29 is 19.0 Å². The molecule has 0 radical (unpaired) electrons. The molecule has 21 heavy (non-hydrogen) atoms. The molecule has 0 aliphatic carbocycles. The highest BCUT2D eigenvalue weighted by molar-refractivity contribution is 5.85. The van der Waals surface area contributed by atoms with E-state index in [1.165, 1.54) is 0 Å². The van der Waals surface area contributed by atoms with Gasteiger partial charge in [-0.1, -0.05) is 0 Å². The summed E-state index contributed by atoms with van der Waals surface area (Å²) in [6.45, 7) is 3.00. The number of rotatable bonds is 7. The molecule has 1 amide bonds. The molecule has 0 bridgehead atoms. The molecule has 1 aromatic rings. The fourth-order valence-electron chi connectivity index (χ4n) is 1.77. The standard InChI is InChI=1S/C14H20N2O4.ClH/c1-10(15)2-5-14(17)16-6-7-18-11-3-4-12-13(8-11)20-9-19-12;/h3-4,8,10H,2,5-7,9,15H2,1H3,(H,16,17);1H. The topological polar surface area (TPSA) is 82.8 Å². The van der Waals surface area contributed by atoms with E-state index in [1.807, 2.05) is 13.0 Å². The zero-order chi connectivity index (χ0) is 14.4. The maximum absolute atomic E-state index is 11.5. The second-order valence-electron chi connectivity index (χ2n) is 4.73. The number of hydrogen-bond donors (Lipinski definition) is 2. The van der Waals surface area contributed by atoms with Gasteiger partial charge >= 0.3 is 0 Å². The number of carbonyl (C=O) groups is 1. The molecule has 0 spiro atoms. The van der Waals surface area contributed by atoms with Gasteiger partial charge in [0.15, 0.2) is 11.5 Å². The summed E-state index contributed by atoms with van der Waals surface area (Å²) in [4.78, 5) is 11.5. The van der Waals surface area contributed by atoms with Crippen LogP contribution in [0, 0.1) is 0 Å². The number of nitrogens with one attached hydrogen (secondary N) is 1. The first-order valence-electron chi connectivity index (χ1n) is 6.70. The summed E-state index contributed by atoms with van der Waals surface area (Å²) in [5.41, 5.74) is 5.59. The molecular weight excluding hydrogens is 296 g/mol. The summed E-state index contributed by atoms with van der Waals surface area (Å²) in [5, 5.41) is 2.79. The van der Waals surface area contributed by atoms with Gasteiger partial charge in [0.25, 0.3) is 0 Å². The van der Waals surface area contributed by atoms with Gasteiger partial charge in [0.2, 0.25) is 12.7 Å². The van der Waals surface area contributed by atoms with E-state index in [0.29, 0.717) is 37.5 Å². The second kappa shape index (κ2) is 8.59. The number of carbonyl (C=O) groups excluding carboxylic acids is 1. The smallest absolute Gasteiger partial charge is 0.231 e. The van der Waals surface area contributed by atoms with Gasteiger partial charge in [-0.05, 0) is 25.5 Å². The van der Waals surface area contributed by atoms with E-state index in [1.54, 1.807) is 12.1 Å². The zero-order valence-corrected chi connectivity index (χ0v) is 12.8. The largest absolute Gasteiger partial charge is 0.492 e. The lowest BCUT2D eigenvalue weighted by molar-refractivity contribution is -0.121. The third kappa shape index (κ3) is 5.69. The Morgan fingerprint density at radius 2 is 2.19 bits per heavy atom. The highest BCUT2D eigenvalue weighted by Gasteiger charge is 2.13. The van der Waals surface area contributed by atoms with Crippen molar-refractivity contribution in [2.24, 2.45) is 5.73 Å². The molecule has 1 unspecified atom stereocenters. The van der Waals surface area contributed by atoms with Crippen molar-refractivity contribution in [3.63, 3.8) is 0 Å². The van der Waals surface area contributed by atoms with E-state index in [4.69, 9.17) is 19.9 Å². The van der Waals surface area contributed by atoms with Crippen LogP contribution in [0.3, 0.4) is 0 Å². The predicted octanol–water partition coefficient (Wildman–Crippen LogP) is 1.46. The number of hydrogen-bond acceptors (Lipinski definition) is 5. The first kappa shape index (κ1) is 17.4. The molecule has 0 aromatic heterocycles. The molecule has 6 nitrogen and oxygen atoms in total. The molecule has 1 aromatic carbocycles. The first-order chi connectivity index (χ1) is 9.65. The molecule has 1 aliphatic rings. The Bertz CT molecular complexity index is 468. The van der Waals surface area contributed by atoms with Crippen molar-refractivity contribution in [1.29, 1.82) is 0 Å². The van der Waals surface area contributed by atoms with Crippen molar-refractivity contribution in [3.05, 3.63) is 18.2 Å². The highest BCUT2D eigenvalue weighted by atomic mass is 35.5. The van der Waals surface area contributed by atoms with Gasteiger partial charge in [0.05, 0.1) is 6.54 Å². The Kier molecular flexibility index (Phi) is 7.11. The SMILES string of the molecule is CC(N)CCC(=O)NCCOc1ccc2c(c1)OCO2.Cl. The third-order valence-corrected chi connectivity index (χ3v) is 2.86. The van der Waals surface area contributed by atoms with Crippen molar-refractivity contribution in [2.45, 2.75) is 25.8 Å². The van der Waals surface area contributed by atoms with Gasteiger partial charge in [-0.15, -0.1) is 12.4 Å². The molecule has 0 saturated heterocycles. The number of nitrogens with two attached hydrogens (primary N) is 1. The molecule has 118 valence electrons. The van der Waals surface area contributed by atoms with E-state index in [-0.39, 0.29) is 31.1 Å². The van der Waals surface area contributed by atoms with Crippen LogP contribution < -0.4 is 25.3 Å². The summed E-state index contributed by atoms with van der Waals surface area (Å²) < 4.78 is 16.0. The normalized spacial score (nSPS) is 13.2. The van der Waals surface area contributed by atoms with Crippen molar-refractivity contribution in [2.75, 3.05) is 19.9 Å². The van der Waals surface area contributed by atoms with Crippen LogP contribution in [-0.4, -0.2) is 31.9 Å². The minimum absolute atomic E-state index is 0. The van der Waals surface area contributed by atoms with Crippen LogP contribution in [-0.2, 0) is 4.79 Å². The maximum Gasteiger partial charge on any atom is 0.231 e. The lowest BCUT2D eigenvalue weighted by Gasteiger charge is -2.09. The van der Waals surface area contributed by atoms with Crippen LogP contribution in [0.5, 0.6) is 17.2 Å². The number of halogens is 1. The van der Waals surface area contributed by atoms with E-state index in [9.17, 15) is 4.79 Å². The Morgan fingerprint density at radius 3 is 2.95 bits per heavy atom. The van der Waals surface area contributed by atoms with E-state index >= 15 is 0 Å². The van der Waals surface area contributed by atoms with Gasteiger partial charge in [-0.25, -0.2) is 0 Å². The van der Waals surface area contributed by atoms with Gasteiger partial charge < -0.3 is 25.3 Å². The van der Waals surface area contributed by atoms with E-state index < -0.39 is 0 Å². The third-order valence-electron chi connectivity index (χ3n) is 2.86. The van der Waals surface area contributed by atoms with Crippen LogP contribution in [0.15, 0.2) is 18.2 Å². The van der Waals surface area contributed by atoms with Crippen LogP contribution >= 0.6 is 12.4 Å². The highest BCUT2D eigenvalue weighted by Crippen LogP contribution is 2.34. The van der Waals surface area contributed by atoms with Gasteiger partial charge in [-0.3, -0.25) is 4.79 Å². The van der Waals surface area contributed by atoms with Gasteiger partial charge in [-0.2, -0.15) is 0 Å². The van der Waals surface area contributed by atoms with E-state index in [0.717, 1.165) is 5.75 Å². The van der Waals surface area contributed by atoms with Crippen LogP contribution in [0.2, 0.25) is 0 Å². The molecule has 1 atom stereocenters. The Hall–Kier alpha value is -1.66. The Morgan fingerprint density at radius 1 is 1.43 bits per heavy atom. The average molecular weight is 317 g/mol. The quantitative estimate of drug-likeness (QED) is 0.744. The molecule has 0 fully saturated rings. The molecule has 3 N–H and O–H groups in total. The molecule has 1 aliphatic heterocycles. The van der Waals surface area contributed by atoms with Crippen LogP contribution in [0.25, 0.3) is 0 Å². The average Bonchev–Trinajstić information content (AvgIpc) is 2.88. The number of fused-ring (bicyclic) bond motifs is 1. The van der Waals surface area contributed by atoms with E-state index in [2.05, 4.69) is 5.32 Å². The summed E-state index contributed by atoms with van der Waals surface area (Å²) in [6.07, 6.45) is 1.14. The van der Waals surface area contributed by atoms with Crippen LogP contribution in [0.4, 0.5) is 0 Å². The number of amides is 1. The minimum Gasteiger partial charge on any atom is -0.492 e. The molecule has 7 heteroatoms. The summed E-state index contributed by atoms with van der Waals surface area (Å²) >= 11 is 0. The van der Waals surface area contributed by atoms with Gasteiger partial charge in [0.1, 0.15) is 12.4 Å². The Balaban J connectivity index is 0.00000220. The predicted molar refractivity (Wildman–Crippen MR) is 81.2 cm³/mol. The second-order valence-corrected chi connectivity index (χ2v) is 4.73. The fourth-order valence-corrected chi connectivity index (χ4v) is 1.77. The summed E-state index contributed by atoms with van der Waals surface area (Å²) in [6, 6.07) is 5.44. The molecule has 2 rings (SSSR count). The first-order valence-corrected chi connectivity index (χ1v) is 6.70. The lowest BCUT2D eigenvalue weighted by atomic mass is 10.2. The summed E-state index contributed by atoms with van der Waals surface area (Å²) in [5.74, 6) is 2.10.